The van der Waals surface area contributed by atoms with E-state index in [1.54, 1.807) is 4.90 Å². The van der Waals surface area contributed by atoms with Crippen molar-refractivity contribution in [3.8, 4) is 0 Å². The van der Waals surface area contributed by atoms with E-state index < -0.39 is 0 Å². The minimum Gasteiger partial charge on any atom is -0.465 e. The molecule has 3 rings (SSSR count). The molecule has 0 radical (unpaired) electrons. The molecule has 24 heavy (non-hydrogen) atoms. The third-order valence-corrected chi connectivity index (χ3v) is 4.33. The van der Waals surface area contributed by atoms with E-state index >= 15 is 0 Å². The first kappa shape index (κ1) is 16.3. The summed E-state index contributed by atoms with van der Waals surface area (Å²) in [5.74, 6) is 1.25. The van der Waals surface area contributed by atoms with E-state index in [9.17, 15) is 9.59 Å². The van der Waals surface area contributed by atoms with E-state index in [0.717, 1.165) is 17.9 Å². The molecule has 1 aromatic heterocycles. The summed E-state index contributed by atoms with van der Waals surface area (Å²) in [6.45, 7) is 3.38. The van der Waals surface area contributed by atoms with Crippen LogP contribution in [0.1, 0.15) is 23.5 Å². The molecular weight excluding hydrogens is 304 g/mol. The van der Waals surface area contributed by atoms with Crippen LogP contribution >= 0.6 is 0 Å². The molecule has 1 atom stereocenters. The summed E-state index contributed by atoms with van der Waals surface area (Å²) in [5, 5.41) is 2.86. The SMILES string of the molecule is Cc1ccc(CNC(=O)[C@@H]2CC(=O)N(CCc3ccccc3)C2)o1. The number of carbonyl (C=O) groups excluding carboxylic acids is 2. The zero-order valence-corrected chi connectivity index (χ0v) is 13.8. The van der Waals surface area contributed by atoms with Crippen molar-refractivity contribution in [3.63, 3.8) is 0 Å². The number of benzene rings is 1. The van der Waals surface area contributed by atoms with Gasteiger partial charge in [0.15, 0.2) is 0 Å². The summed E-state index contributed by atoms with van der Waals surface area (Å²) in [7, 11) is 0. The molecule has 1 aliphatic heterocycles. The van der Waals surface area contributed by atoms with Gasteiger partial charge in [0.25, 0.3) is 0 Å². The van der Waals surface area contributed by atoms with Gasteiger partial charge in [-0.1, -0.05) is 30.3 Å². The summed E-state index contributed by atoms with van der Waals surface area (Å²) in [6, 6.07) is 13.8. The number of hydrogen-bond donors (Lipinski definition) is 1. The molecule has 1 saturated heterocycles. The van der Waals surface area contributed by atoms with Gasteiger partial charge in [-0.3, -0.25) is 9.59 Å². The van der Waals surface area contributed by atoms with Crippen molar-refractivity contribution in [2.75, 3.05) is 13.1 Å². The average molecular weight is 326 g/mol. The minimum atomic E-state index is -0.274. The van der Waals surface area contributed by atoms with Crippen LogP contribution in [-0.2, 0) is 22.6 Å². The third-order valence-electron chi connectivity index (χ3n) is 4.33. The fourth-order valence-electron chi connectivity index (χ4n) is 2.97. The smallest absolute Gasteiger partial charge is 0.225 e. The Hall–Kier alpha value is -2.56. The third kappa shape index (κ3) is 4.04. The quantitative estimate of drug-likeness (QED) is 0.886. The van der Waals surface area contributed by atoms with Crippen LogP contribution in [0.25, 0.3) is 0 Å². The predicted molar refractivity (Wildman–Crippen MR) is 90.1 cm³/mol. The molecule has 5 heteroatoms. The van der Waals surface area contributed by atoms with Gasteiger partial charge in [-0.25, -0.2) is 0 Å². The number of likely N-dealkylation sites (tertiary alicyclic amines) is 1. The standard InChI is InChI=1S/C19H22N2O3/c1-14-7-8-17(24-14)12-20-19(23)16-11-18(22)21(13-16)10-9-15-5-3-2-4-6-15/h2-8,16H,9-13H2,1H3,(H,20,23)/t16-/m1/s1. The molecule has 1 aromatic carbocycles. The maximum atomic E-state index is 12.3. The molecule has 1 fully saturated rings. The fraction of sp³-hybridized carbons (Fsp3) is 0.368. The lowest BCUT2D eigenvalue weighted by Crippen LogP contribution is -2.33. The number of hydrogen-bond acceptors (Lipinski definition) is 3. The molecule has 0 unspecified atom stereocenters. The van der Waals surface area contributed by atoms with Crippen LogP contribution in [0.2, 0.25) is 0 Å². The maximum absolute atomic E-state index is 12.3. The molecule has 2 aromatic rings. The minimum absolute atomic E-state index is 0.0555. The molecule has 126 valence electrons. The Bertz CT molecular complexity index is 708. The molecule has 2 amide bonds. The monoisotopic (exact) mass is 326 g/mol. The molecule has 0 saturated carbocycles. The normalized spacial score (nSPS) is 17.3. The second-order valence-corrected chi connectivity index (χ2v) is 6.21. The van der Waals surface area contributed by atoms with Gasteiger partial charge in [-0.15, -0.1) is 0 Å². The van der Waals surface area contributed by atoms with Crippen molar-refractivity contribution in [2.24, 2.45) is 5.92 Å². The number of nitrogens with one attached hydrogen (secondary N) is 1. The van der Waals surface area contributed by atoms with Gasteiger partial charge >= 0.3 is 0 Å². The van der Waals surface area contributed by atoms with Gasteiger partial charge < -0.3 is 14.6 Å². The van der Waals surface area contributed by atoms with E-state index in [4.69, 9.17) is 4.42 Å². The highest BCUT2D eigenvalue weighted by Crippen LogP contribution is 2.19. The Balaban J connectivity index is 1.47. The average Bonchev–Trinajstić information content (AvgIpc) is 3.17. The zero-order chi connectivity index (χ0) is 16.9. The van der Waals surface area contributed by atoms with Gasteiger partial charge in [-0.05, 0) is 31.0 Å². The van der Waals surface area contributed by atoms with Gasteiger partial charge in [0, 0.05) is 19.5 Å². The molecule has 1 aliphatic rings. The van der Waals surface area contributed by atoms with E-state index in [-0.39, 0.29) is 24.2 Å². The van der Waals surface area contributed by atoms with E-state index in [1.165, 1.54) is 5.56 Å². The van der Waals surface area contributed by atoms with E-state index in [0.29, 0.717) is 19.6 Å². The first-order chi connectivity index (χ1) is 11.6. The highest BCUT2D eigenvalue weighted by Gasteiger charge is 2.33. The zero-order valence-electron chi connectivity index (χ0n) is 13.8. The first-order valence-corrected chi connectivity index (χ1v) is 8.26. The predicted octanol–water partition coefficient (Wildman–Crippen LogP) is 2.30. The summed E-state index contributed by atoms with van der Waals surface area (Å²) in [4.78, 5) is 26.2. The Kier molecular flexibility index (Phi) is 4.99. The van der Waals surface area contributed by atoms with Crippen molar-refractivity contribution in [2.45, 2.75) is 26.3 Å². The molecule has 0 bridgehead atoms. The number of rotatable bonds is 6. The summed E-state index contributed by atoms with van der Waals surface area (Å²) in [6.07, 6.45) is 1.10. The second-order valence-electron chi connectivity index (χ2n) is 6.21. The number of amides is 2. The van der Waals surface area contributed by atoms with Crippen molar-refractivity contribution in [1.82, 2.24) is 10.2 Å². The molecular formula is C19H22N2O3. The Morgan fingerprint density at radius 2 is 2.04 bits per heavy atom. The van der Waals surface area contributed by atoms with Gasteiger partial charge in [0.05, 0.1) is 12.5 Å². The molecule has 2 heterocycles. The van der Waals surface area contributed by atoms with Crippen molar-refractivity contribution in [3.05, 3.63) is 59.5 Å². The Morgan fingerprint density at radius 1 is 1.25 bits per heavy atom. The molecule has 0 spiro atoms. The summed E-state index contributed by atoms with van der Waals surface area (Å²) in [5.41, 5.74) is 1.20. The van der Waals surface area contributed by atoms with Gasteiger partial charge in [-0.2, -0.15) is 0 Å². The number of carbonyl (C=O) groups is 2. The lowest BCUT2D eigenvalue weighted by atomic mass is 10.1. The molecule has 0 aliphatic carbocycles. The van der Waals surface area contributed by atoms with Crippen LogP contribution in [0.5, 0.6) is 0 Å². The van der Waals surface area contributed by atoms with Crippen LogP contribution in [0, 0.1) is 12.8 Å². The maximum Gasteiger partial charge on any atom is 0.225 e. The largest absolute Gasteiger partial charge is 0.465 e. The van der Waals surface area contributed by atoms with Crippen LogP contribution in [0.3, 0.4) is 0 Å². The van der Waals surface area contributed by atoms with Crippen molar-refractivity contribution < 1.29 is 14.0 Å². The van der Waals surface area contributed by atoms with Gasteiger partial charge in [0.1, 0.15) is 11.5 Å². The first-order valence-electron chi connectivity index (χ1n) is 8.26. The van der Waals surface area contributed by atoms with Crippen molar-refractivity contribution >= 4 is 11.8 Å². The summed E-state index contributed by atoms with van der Waals surface area (Å²) < 4.78 is 5.43. The van der Waals surface area contributed by atoms with E-state index in [2.05, 4.69) is 17.4 Å². The van der Waals surface area contributed by atoms with Crippen LogP contribution in [0.4, 0.5) is 0 Å². The lowest BCUT2D eigenvalue weighted by molar-refractivity contribution is -0.129. The summed E-state index contributed by atoms with van der Waals surface area (Å²) >= 11 is 0. The number of furan rings is 1. The van der Waals surface area contributed by atoms with Gasteiger partial charge in [0.2, 0.25) is 11.8 Å². The molecule has 1 N–H and O–H groups in total. The topological polar surface area (TPSA) is 62.6 Å². The Morgan fingerprint density at radius 3 is 2.75 bits per heavy atom. The number of nitrogens with zero attached hydrogens (tertiary/aromatic N) is 1. The van der Waals surface area contributed by atoms with Crippen LogP contribution in [0.15, 0.2) is 46.9 Å². The van der Waals surface area contributed by atoms with Crippen LogP contribution in [-0.4, -0.2) is 29.8 Å². The fourth-order valence-corrected chi connectivity index (χ4v) is 2.97. The van der Waals surface area contributed by atoms with Crippen molar-refractivity contribution in [1.29, 1.82) is 0 Å². The lowest BCUT2D eigenvalue weighted by Gasteiger charge is -2.16. The second kappa shape index (κ2) is 7.34. The number of aryl methyl sites for hydroxylation is 1. The highest BCUT2D eigenvalue weighted by atomic mass is 16.3. The highest BCUT2D eigenvalue weighted by molar-refractivity contribution is 5.89. The van der Waals surface area contributed by atoms with E-state index in [1.807, 2.05) is 37.3 Å². The molecule has 5 nitrogen and oxygen atoms in total. The Labute approximate surface area is 141 Å². The van der Waals surface area contributed by atoms with Crippen LogP contribution < -0.4 is 5.32 Å².